The van der Waals surface area contributed by atoms with Crippen molar-refractivity contribution >= 4 is 17.2 Å². The van der Waals surface area contributed by atoms with Crippen molar-refractivity contribution in [3.63, 3.8) is 0 Å². The van der Waals surface area contributed by atoms with Crippen LogP contribution in [0.15, 0.2) is 24.2 Å². The quantitative estimate of drug-likeness (QED) is 0.862. The van der Waals surface area contributed by atoms with Crippen molar-refractivity contribution in [3.05, 3.63) is 29.2 Å². The maximum absolute atomic E-state index is 12.4. The number of hydrogen-bond donors (Lipinski definition) is 0. The fraction of sp³-hybridized carbons (Fsp3) is 0.538. The standard InChI is InChI=1S/C13H17N5OS/c19-12(4-7-17-10-14-9-16-17)18-6-2-1-3-11(18)13-15-5-8-20-13/h5,8-11H,1-4,6-7H2/t11-/m1/s1. The third kappa shape index (κ3) is 2.87. The topological polar surface area (TPSA) is 63.9 Å². The van der Waals surface area contributed by atoms with Crippen molar-refractivity contribution in [2.75, 3.05) is 6.54 Å². The van der Waals surface area contributed by atoms with E-state index in [4.69, 9.17) is 0 Å². The lowest BCUT2D eigenvalue weighted by atomic mass is 10.0. The number of rotatable bonds is 4. The Morgan fingerprint density at radius 3 is 3.15 bits per heavy atom. The summed E-state index contributed by atoms with van der Waals surface area (Å²) in [6, 6.07) is 0.159. The molecule has 0 radical (unpaired) electrons. The highest BCUT2D eigenvalue weighted by Crippen LogP contribution is 2.32. The molecule has 6 nitrogen and oxygen atoms in total. The van der Waals surface area contributed by atoms with E-state index in [2.05, 4.69) is 15.1 Å². The minimum Gasteiger partial charge on any atom is -0.333 e. The molecule has 20 heavy (non-hydrogen) atoms. The molecule has 1 atom stereocenters. The number of aromatic nitrogens is 4. The van der Waals surface area contributed by atoms with Crippen LogP contribution in [0.5, 0.6) is 0 Å². The Kier molecular flexibility index (Phi) is 4.05. The number of carbonyl (C=O) groups is 1. The lowest BCUT2D eigenvalue weighted by Gasteiger charge is -2.34. The first-order valence-corrected chi connectivity index (χ1v) is 7.74. The zero-order valence-electron chi connectivity index (χ0n) is 11.2. The van der Waals surface area contributed by atoms with E-state index in [1.54, 1.807) is 22.3 Å². The first kappa shape index (κ1) is 13.2. The number of hydrogen-bond acceptors (Lipinski definition) is 5. The van der Waals surface area contributed by atoms with Gasteiger partial charge in [-0.3, -0.25) is 9.48 Å². The number of carbonyl (C=O) groups excluding carboxylic acids is 1. The molecule has 0 N–H and O–H groups in total. The third-order valence-electron chi connectivity index (χ3n) is 3.58. The summed E-state index contributed by atoms with van der Waals surface area (Å²) in [6.07, 6.45) is 8.67. The van der Waals surface area contributed by atoms with Gasteiger partial charge in [0.1, 0.15) is 17.7 Å². The van der Waals surface area contributed by atoms with Crippen molar-refractivity contribution in [1.29, 1.82) is 0 Å². The van der Waals surface area contributed by atoms with E-state index in [1.807, 2.05) is 16.5 Å². The molecule has 0 bridgehead atoms. The highest BCUT2D eigenvalue weighted by atomic mass is 32.1. The van der Waals surface area contributed by atoms with E-state index >= 15 is 0 Å². The van der Waals surface area contributed by atoms with Crippen molar-refractivity contribution in [2.45, 2.75) is 38.3 Å². The van der Waals surface area contributed by atoms with E-state index in [9.17, 15) is 4.79 Å². The van der Waals surface area contributed by atoms with E-state index in [1.165, 1.54) is 6.33 Å². The van der Waals surface area contributed by atoms with Gasteiger partial charge in [0.25, 0.3) is 0 Å². The first-order valence-electron chi connectivity index (χ1n) is 6.86. The molecule has 7 heteroatoms. The highest BCUT2D eigenvalue weighted by Gasteiger charge is 2.29. The molecule has 2 aromatic rings. The largest absolute Gasteiger partial charge is 0.333 e. The molecule has 1 fully saturated rings. The Morgan fingerprint density at radius 2 is 2.40 bits per heavy atom. The van der Waals surface area contributed by atoms with Gasteiger partial charge >= 0.3 is 0 Å². The van der Waals surface area contributed by atoms with Gasteiger partial charge in [0.15, 0.2) is 0 Å². The molecule has 2 aromatic heterocycles. The summed E-state index contributed by atoms with van der Waals surface area (Å²) in [4.78, 5) is 22.7. The monoisotopic (exact) mass is 291 g/mol. The van der Waals surface area contributed by atoms with Crippen molar-refractivity contribution in [2.24, 2.45) is 0 Å². The number of piperidine rings is 1. The molecule has 1 saturated heterocycles. The maximum Gasteiger partial charge on any atom is 0.225 e. The second-order valence-electron chi connectivity index (χ2n) is 4.88. The molecule has 3 rings (SSSR count). The van der Waals surface area contributed by atoms with E-state index < -0.39 is 0 Å². The molecular formula is C13H17N5OS. The normalized spacial score (nSPS) is 19.2. The van der Waals surface area contributed by atoms with Crippen molar-refractivity contribution in [3.8, 4) is 0 Å². The van der Waals surface area contributed by atoms with Crippen molar-refractivity contribution in [1.82, 2.24) is 24.6 Å². The fourth-order valence-electron chi connectivity index (χ4n) is 2.59. The molecule has 3 heterocycles. The summed E-state index contributed by atoms with van der Waals surface area (Å²) in [5.74, 6) is 0.181. The number of aryl methyl sites for hydroxylation is 1. The van der Waals surface area contributed by atoms with E-state index in [0.717, 1.165) is 30.8 Å². The summed E-state index contributed by atoms with van der Waals surface area (Å²) in [6.45, 7) is 1.42. The summed E-state index contributed by atoms with van der Waals surface area (Å²) in [5.41, 5.74) is 0. The van der Waals surface area contributed by atoms with Crippen LogP contribution >= 0.6 is 11.3 Å². The summed E-state index contributed by atoms with van der Waals surface area (Å²) in [7, 11) is 0. The van der Waals surface area contributed by atoms with Crippen LogP contribution in [0.1, 0.15) is 36.7 Å². The predicted molar refractivity (Wildman–Crippen MR) is 75.1 cm³/mol. The zero-order chi connectivity index (χ0) is 13.8. The molecule has 1 amide bonds. The Balaban J connectivity index is 1.65. The Hall–Kier alpha value is -1.76. The van der Waals surface area contributed by atoms with Crippen LogP contribution in [0.4, 0.5) is 0 Å². The van der Waals surface area contributed by atoms with Gasteiger partial charge in [0.05, 0.1) is 12.6 Å². The minimum absolute atomic E-state index is 0.159. The van der Waals surface area contributed by atoms with E-state index in [0.29, 0.717) is 13.0 Å². The molecular weight excluding hydrogens is 274 g/mol. The second-order valence-corrected chi connectivity index (χ2v) is 5.80. The fourth-order valence-corrected chi connectivity index (χ4v) is 3.37. The smallest absolute Gasteiger partial charge is 0.225 e. The molecule has 0 aromatic carbocycles. The van der Waals surface area contributed by atoms with Crippen LogP contribution in [-0.4, -0.2) is 37.1 Å². The molecule has 1 aliphatic heterocycles. The van der Waals surface area contributed by atoms with Gasteiger partial charge in [-0.05, 0) is 19.3 Å². The van der Waals surface area contributed by atoms with Crippen LogP contribution in [0.2, 0.25) is 0 Å². The van der Waals surface area contributed by atoms with Gasteiger partial charge in [-0.15, -0.1) is 11.3 Å². The Labute approximate surface area is 121 Å². The molecule has 0 unspecified atom stereocenters. The number of thiazole rings is 1. The highest BCUT2D eigenvalue weighted by molar-refractivity contribution is 7.09. The first-order chi connectivity index (χ1) is 9.84. The van der Waals surface area contributed by atoms with Crippen molar-refractivity contribution < 1.29 is 4.79 Å². The molecule has 0 saturated carbocycles. The molecule has 0 aliphatic carbocycles. The van der Waals surface area contributed by atoms with Crippen LogP contribution in [0, 0.1) is 0 Å². The van der Waals surface area contributed by atoms with Gasteiger partial charge in [-0.1, -0.05) is 0 Å². The molecule has 1 aliphatic rings. The van der Waals surface area contributed by atoms with Gasteiger partial charge < -0.3 is 4.90 Å². The number of likely N-dealkylation sites (tertiary alicyclic amines) is 1. The Bertz CT molecular complexity index is 539. The average Bonchev–Trinajstić information content (AvgIpc) is 3.18. The summed E-state index contributed by atoms with van der Waals surface area (Å²) < 4.78 is 1.69. The predicted octanol–water partition coefficient (Wildman–Crippen LogP) is 1.88. The second kappa shape index (κ2) is 6.13. The minimum atomic E-state index is 0.159. The number of nitrogens with zero attached hydrogens (tertiary/aromatic N) is 5. The lowest BCUT2D eigenvalue weighted by Crippen LogP contribution is -2.38. The molecule has 106 valence electrons. The average molecular weight is 291 g/mol. The molecule has 0 spiro atoms. The number of amides is 1. The maximum atomic E-state index is 12.4. The Morgan fingerprint density at radius 1 is 1.45 bits per heavy atom. The van der Waals surface area contributed by atoms with Gasteiger partial charge in [-0.25, -0.2) is 9.97 Å². The summed E-state index contributed by atoms with van der Waals surface area (Å²) >= 11 is 1.63. The zero-order valence-corrected chi connectivity index (χ0v) is 12.0. The van der Waals surface area contributed by atoms with Crippen LogP contribution < -0.4 is 0 Å². The lowest BCUT2D eigenvalue weighted by molar-refractivity contribution is -0.135. The van der Waals surface area contributed by atoms with Gasteiger partial charge in [0.2, 0.25) is 5.91 Å². The van der Waals surface area contributed by atoms with Crippen LogP contribution in [0.3, 0.4) is 0 Å². The van der Waals surface area contributed by atoms with Crippen LogP contribution in [0.25, 0.3) is 0 Å². The van der Waals surface area contributed by atoms with Crippen LogP contribution in [-0.2, 0) is 11.3 Å². The van der Waals surface area contributed by atoms with E-state index in [-0.39, 0.29) is 11.9 Å². The van der Waals surface area contributed by atoms with Gasteiger partial charge in [-0.2, -0.15) is 5.10 Å². The third-order valence-corrected chi connectivity index (χ3v) is 4.46. The summed E-state index contributed by atoms with van der Waals surface area (Å²) in [5, 5.41) is 7.06. The van der Waals surface area contributed by atoms with Gasteiger partial charge in [0, 0.05) is 24.5 Å². The SMILES string of the molecule is O=C(CCn1cncn1)N1CCCC[C@@H]1c1nccs1.